The van der Waals surface area contributed by atoms with E-state index in [1.807, 2.05) is 24.3 Å². The Bertz CT molecular complexity index is 796. The molecule has 2 amide bonds. The average molecular weight is 395 g/mol. The van der Waals surface area contributed by atoms with E-state index in [0.29, 0.717) is 28.7 Å². The maximum atomic E-state index is 12.3. The number of carbonyl (C=O) groups is 2. The van der Waals surface area contributed by atoms with Crippen molar-refractivity contribution in [2.24, 2.45) is 0 Å². The number of carbonyl (C=O) groups excluding carboxylic acids is 2. The van der Waals surface area contributed by atoms with Crippen LogP contribution in [-0.2, 0) is 16.0 Å². The van der Waals surface area contributed by atoms with Crippen molar-refractivity contribution in [1.82, 2.24) is 4.90 Å². The number of para-hydroxylation sites is 1. The molecular formula is C19H20Cl2N2O3. The van der Waals surface area contributed by atoms with Gasteiger partial charge in [0, 0.05) is 18.5 Å². The van der Waals surface area contributed by atoms with Crippen molar-refractivity contribution < 1.29 is 14.3 Å². The van der Waals surface area contributed by atoms with E-state index in [2.05, 4.69) is 5.32 Å². The highest BCUT2D eigenvalue weighted by Crippen LogP contribution is 2.25. The van der Waals surface area contributed by atoms with Crippen LogP contribution in [0.15, 0.2) is 42.5 Å². The second-order valence-electron chi connectivity index (χ2n) is 5.67. The molecule has 0 unspecified atom stereocenters. The van der Waals surface area contributed by atoms with Crippen LogP contribution in [0.3, 0.4) is 0 Å². The molecule has 5 nitrogen and oxygen atoms in total. The molecule has 0 spiro atoms. The molecular weight excluding hydrogens is 375 g/mol. The zero-order chi connectivity index (χ0) is 19.1. The lowest BCUT2D eigenvalue weighted by atomic mass is 10.1. The topological polar surface area (TPSA) is 58.6 Å². The van der Waals surface area contributed by atoms with Crippen molar-refractivity contribution in [2.45, 2.75) is 13.3 Å². The van der Waals surface area contributed by atoms with E-state index in [4.69, 9.17) is 27.9 Å². The number of amides is 2. The molecule has 0 aromatic heterocycles. The summed E-state index contributed by atoms with van der Waals surface area (Å²) in [5.41, 5.74) is 1.39. The third kappa shape index (κ3) is 5.64. The summed E-state index contributed by atoms with van der Waals surface area (Å²) in [6, 6.07) is 12.4. The molecule has 2 rings (SSSR count). The van der Waals surface area contributed by atoms with E-state index in [0.717, 1.165) is 11.3 Å². The van der Waals surface area contributed by atoms with Crippen molar-refractivity contribution in [2.75, 3.05) is 25.5 Å². The van der Waals surface area contributed by atoms with Crippen molar-refractivity contribution in [3.8, 4) is 5.75 Å². The van der Waals surface area contributed by atoms with Gasteiger partial charge in [0.25, 0.3) is 0 Å². The van der Waals surface area contributed by atoms with E-state index >= 15 is 0 Å². The normalized spacial score (nSPS) is 10.3. The molecule has 0 aliphatic rings. The Morgan fingerprint density at radius 2 is 1.88 bits per heavy atom. The van der Waals surface area contributed by atoms with E-state index in [1.165, 1.54) is 11.8 Å². The van der Waals surface area contributed by atoms with Gasteiger partial charge in [-0.05, 0) is 36.2 Å². The first-order chi connectivity index (χ1) is 12.4. The third-order valence-electron chi connectivity index (χ3n) is 3.83. The Balaban J connectivity index is 2.00. The van der Waals surface area contributed by atoms with Crippen LogP contribution in [0.4, 0.5) is 5.69 Å². The van der Waals surface area contributed by atoms with Crippen LogP contribution in [0.1, 0.15) is 12.5 Å². The molecule has 0 heterocycles. The Labute approximate surface area is 162 Å². The summed E-state index contributed by atoms with van der Waals surface area (Å²) < 4.78 is 5.31. The van der Waals surface area contributed by atoms with E-state index < -0.39 is 0 Å². The summed E-state index contributed by atoms with van der Waals surface area (Å²) in [6.45, 7) is 1.75. The van der Waals surface area contributed by atoms with Gasteiger partial charge in [-0.25, -0.2) is 0 Å². The maximum Gasteiger partial charge on any atom is 0.244 e. The molecule has 26 heavy (non-hydrogen) atoms. The number of nitrogens with zero attached hydrogens (tertiary/aromatic N) is 1. The summed E-state index contributed by atoms with van der Waals surface area (Å²) >= 11 is 12.0. The summed E-state index contributed by atoms with van der Waals surface area (Å²) in [6.07, 6.45) is 0.578. The Morgan fingerprint density at radius 3 is 2.58 bits per heavy atom. The molecule has 7 heteroatoms. The summed E-state index contributed by atoms with van der Waals surface area (Å²) in [7, 11) is 1.60. The summed E-state index contributed by atoms with van der Waals surface area (Å²) in [5.74, 6) is 0.225. The van der Waals surface area contributed by atoms with Crippen LogP contribution in [0, 0.1) is 0 Å². The van der Waals surface area contributed by atoms with Gasteiger partial charge in [-0.3, -0.25) is 9.59 Å². The van der Waals surface area contributed by atoms with Gasteiger partial charge < -0.3 is 15.0 Å². The number of nitrogens with one attached hydrogen (secondary N) is 1. The van der Waals surface area contributed by atoms with Gasteiger partial charge in [0.1, 0.15) is 5.75 Å². The first-order valence-electron chi connectivity index (χ1n) is 8.03. The fourth-order valence-electron chi connectivity index (χ4n) is 2.47. The number of anilines is 1. The van der Waals surface area contributed by atoms with Gasteiger partial charge in [-0.2, -0.15) is 0 Å². The largest absolute Gasteiger partial charge is 0.496 e. The van der Waals surface area contributed by atoms with Crippen LogP contribution in [0.2, 0.25) is 10.0 Å². The lowest BCUT2D eigenvalue weighted by molar-refractivity contribution is -0.132. The van der Waals surface area contributed by atoms with E-state index in [-0.39, 0.29) is 18.4 Å². The van der Waals surface area contributed by atoms with Crippen molar-refractivity contribution in [3.63, 3.8) is 0 Å². The van der Waals surface area contributed by atoms with Gasteiger partial charge in [0.15, 0.2) is 0 Å². The maximum absolute atomic E-state index is 12.3. The van der Waals surface area contributed by atoms with E-state index in [1.54, 1.807) is 25.3 Å². The minimum atomic E-state index is -0.343. The summed E-state index contributed by atoms with van der Waals surface area (Å²) in [4.78, 5) is 25.7. The van der Waals surface area contributed by atoms with Gasteiger partial charge >= 0.3 is 0 Å². The highest BCUT2D eigenvalue weighted by molar-refractivity contribution is 6.35. The molecule has 1 N–H and O–H groups in total. The van der Waals surface area contributed by atoms with Gasteiger partial charge in [0.05, 0.1) is 24.4 Å². The number of benzene rings is 2. The van der Waals surface area contributed by atoms with Crippen LogP contribution >= 0.6 is 23.2 Å². The number of rotatable bonds is 7. The number of ether oxygens (including phenoxy) is 1. The average Bonchev–Trinajstić information content (AvgIpc) is 2.61. The first-order valence-corrected chi connectivity index (χ1v) is 8.78. The van der Waals surface area contributed by atoms with Crippen LogP contribution in [0.5, 0.6) is 5.75 Å². The zero-order valence-electron chi connectivity index (χ0n) is 14.6. The van der Waals surface area contributed by atoms with E-state index in [9.17, 15) is 9.59 Å². The van der Waals surface area contributed by atoms with Crippen molar-refractivity contribution >= 4 is 40.7 Å². The molecule has 0 aliphatic carbocycles. The molecule has 0 atom stereocenters. The number of hydrogen-bond donors (Lipinski definition) is 1. The third-order valence-corrected chi connectivity index (χ3v) is 4.39. The molecule has 0 fully saturated rings. The first kappa shape index (κ1) is 20.1. The monoisotopic (exact) mass is 394 g/mol. The highest BCUT2D eigenvalue weighted by atomic mass is 35.5. The van der Waals surface area contributed by atoms with Crippen LogP contribution < -0.4 is 10.1 Å². The molecule has 2 aromatic carbocycles. The fraction of sp³-hybridized carbons (Fsp3) is 0.263. The predicted molar refractivity (Wildman–Crippen MR) is 104 cm³/mol. The SMILES string of the molecule is COc1ccccc1CCN(CC(=O)Nc1cc(Cl)ccc1Cl)C(C)=O. The zero-order valence-corrected chi connectivity index (χ0v) is 16.1. The lowest BCUT2D eigenvalue weighted by Crippen LogP contribution is -2.38. The lowest BCUT2D eigenvalue weighted by Gasteiger charge is -2.21. The van der Waals surface area contributed by atoms with Crippen molar-refractivity contribution in [1.29, 1.82) is 0 Å². The Morgan fingerprint density at radius 1 is 1.15 bits per heavy atom. The van der Waals surface area contributed by atoms with Gasteiger partial charge in [-0.15, -0.1) is 0 Å². The molecule has 0 aliphatic heterocycles. The number of halogens is 2. The fourth-order valence-corrected chi connectivity index (χ4v) is 2.81. The Hall–Kier alpha value is -2.24. The van der Waals surface area contributed by atoms with Gasteiger partial charge in [-0.1, -0.05) is 41.4 Å². The predicted octanol–water partition coefficient (Wildman–Crippen LogP) is 4.03. The standard InChI is InChI=1S/C19H20Cl2N2O3/c1-13(24)23(10-9-14-5-3-4-6-18(14)26-2)12-19(25)22-17-11-15(20)7-8-16(17)21/h3-8,11H,9-10,12H2,1-2H3,(H,22,25). The molecule has 0 bridgehead atoms. The molecule has 0 saturated heterocycles. The Kier molecular flexibility index (Phi) is 7.30. The highest BCUT2D eigenvalue weighted by Gasteiger charge is 2.15. The smallest absolute Gasteiger partial charge is 0.244 e. The molecule has 0 saturated carbocycles. The second-order valence-corrected chi connectivity index (χ2v) is 6.52. The molecule has 0 radical (unpaired) electrons. The van der Waals surface area contributed by atoms with Crippen LogP contribution in [0.25, 0.3) is 0 Å². The number of hydrogen-bond acceptors (Lipinski definition) is 3. The van der Waals surface area contributed by atoms with Crippen LogP contribution in [-0.4, -0.2) is 36.9 Å². The molecule has 2 aromatic rings. The quantitative estimate of drug-likeness (QED) is 0.770. The minimum Gasteiger partial charge on any atom is -0.496 e. The molecule has 138 valence electrons. The minimum absolute atomic E-state index is 0.0761. The summed E-state index contributed by atoms with van der Waals surface area (Å²) in [5, 5.41) is 3.53. The number of methoxy groups -OCH3 is 1. The van der Waals surface area contributed by atoms with Gasteiger partial charge in [0.2, 0.25) is 11.8 Å². The second kappa shape index (κ2) is 9.46. The van der Waals surface area contributed by atoms with Crippen molar-refractivity contribution in [3.05, 3.63) is 58.1 Å².